The first kappa shape index (κ1) is 18.2. The minimum absolute atomic E-state index is 0.272. The van der Waals surface area contributed by atoms with Crippen LogP contribution in [-0.4, -0.2) is 61.0 Å². The summed E-state index contributed by atoms with van der Waals surface area (Å²) in [5, 5.41) is 3.55. The maximum absolute atomic E-state index is 11.9. The van der Waals surface area contributed by atoms with E-state index in [4.69, 9.17) is 0 Å². The number of hydrogen-bond acceptors (Lipinski definition) is 3. The van der Waals surface area contributed by atoms with E-state index >= 15 is 0 Å². The fourth-order valence-corrected chi connectivity index (χ4v) is 2.75. The Morgan fingerprint density at radius 2 is 1.86 bits per heavy atom. The van der Waals surface area contributed by atoms with Crippen LogP contribution >= 0.6 is 0 Å². The number of rotatable bonds is 8. The lowest BCUT2D eigenvalue weighted by Crippen LogP contribution is -2.43. The number of hydrogen-bond donors (Lipinski definition) is 1. The normalized spacial score (nSPS) is 16.8. The Bertz CT molecular complexity index is 325. The molecule has 1 amide bonds. The number of amides is 1. The van der Waals surface area contributed by atoms with Gasteiger partial charge in [0.15, 0.2) is 0 Å². The van der Waals surface area contributed by atoms with Gasteiger partial charge in [0.05, 0.1) is 0 Å². The van der Waals surface area contributed by atoms with Crippen molar-refractivity contribution in [2.75, 3.05) is 39.3 Å². The molecule has 4 nitrogen and oxygen atoms in total. The summed E-state index contributed by atoms with van der Waals surface area (Å²) in [6.45, 7) is 14.2. The number of nitrogens with one attached hydrogen (secondary N) is 1. The van der Waals surface area contributed by atoms with Gasteiger partial charge in [0.1, 0.15) is 0 Å². The van der Waals surface area contributed by atoms with Crippen LogP contribution in [0.25, 0.3) is 0 Å². The Balaban J connectivity index is 2.16. The second-order valence-corrected chi connectivity index (χ2v) is 6.13. The molecule has 0 aromatic rings. The van der Waals surface area contributed by atoms with E-state index < -0.39 is 0 Å². The minimum Gasteiger partial charge on any atom is -0.343 e. The molecule has 0 saturated carbocycles. The van der Waals surface area contributed by atoms with Crippen molar-refractivity contribution in [2.24, 2.45) is 0 Å². The van der Waals surface area contributed by atoms with E-state index in [-0.39, 0.29) is 5.91 Å². The molecule has 0 bridgehead atoms. The van der Waals surface area contributed by atoms with Gasteiger partial charge >= 0.3 is 0 Å². The fourth-order valence-electron chi connectivity index (χ4n) is 2.75. The van der Waals surface area contributed by atoms with Crippen molar-refractivity contribution >= 4 is 5.91 Å². The lowest BCUT2D eigenvalue weighted by Gasteiger charge is -2.32. The lowest BCUT2D eigenvalue weighted by atomic mass is 10.0. The Labute approximate surface area is 130 Å². The summed E-state index contributed by atoms with van der Waals surface area (Å²) >= 11 is 0. The monoisotopic (exact) mass is 295 g/mol. The Morgan fingerprint density at radius 3 is 2.38 bits per heavy atom. The lowest BCUT2D eigenvalue weighted by molar-refractivity contribution is -0.130. The van der Waals surface area contributed by atoms with Gasteiger partial charge in [-0.25, -0.2) is 0 Å². The van der Waals surface area contributed by atoms with E-state index in [0.717, 1.165) is 39.3 Å². The summed E-state index contributed by atoms with van der Waals surface area (Å²) in [6, 6.07) is 0.581. The molecule has 1 saturated heterocycles. The molecule has 0 atom stereocenters. The molecular weight excluding hydrogens is 262 g/mol. The van der Waals surface area contributed by atoms with Crippen LogP contribution in [0.3, 0.4) is 0 Å². The van der Waals surface area contributed by atoms with Crippen LogP contribution < -0.4 is 5.32 Å². The number of piperidine rings is 1. The fraction of sp³-hybridized carbons (Fsp3) is 0.824. The van der Waals surface area contributed by atoms with Crippen LogP contribution in [0.1, 0.15) is 47.0 Å². The molecule has 1 aliphatic rings. The molecule has 21 heavy (non-hydrogen) atoms. The van der Waals surface area contributed by atoms with Crippen molar-refractivity contribution in [3.8, 4) is 0 Å². The molecule has 0 unspecified atom stereocenters. The average Bonchev–Trinajstić information content (AvgIpc) is 2.47. The van der Waals surface area contributed by atoms with Crippen LogP contribution in [-0.2, 0) is 4.79 Å². The first-order valence-electron chi connectivity index (χ1n) is 8.43. The Kier molecular flexibility index (Phi) is 8.62. The van der Waals surface area contributed by atoms with Crippen LogP contribution in [0, 0.1) is 0 Å². The smallest absolute Gasteiger partial charge is 0.223 e. The van der Waals surface area contributed by atoms with Crippen molar-refractivity contribution in [2.45, 2.75) is 53.0 Å². The van der Waals surface area contributed by atoms with Gasteiger partial charge in [0.2, 0.25) is 5.91 Å². The van der Waals surface area contributed by atoms with Gasteiger partial charge in [0.25, 0.3) is 0 Å². The molecule has 1 fully saturated rings. The number of carbonyl (C=O) groups excluding carboxylic acids is 1. The average molecular weight is 295 g/mol. The molecule has 0 aromatic heterocycles. The summed E-state index contributed by atoms with van der Waals surface area (Å²) in [7, 11) is 0. The summed E-state index contributed by atoms with van der Waals surface area (Å²) in [4.78, 5) is 16.3. The highest BCUT2D eigenvalue weighted by atomic mass is 16.2. The Morgan fingerprint density at radius 1 is 1.24 bits per heavy atom. The third-order valence-corrected chi connectivity index (χ3v) is 4.23. The van der Waals surface area contributed by atoms with Crippen molar-refractivity contribution in [3.63, 3.8) is 0 Å². The predicted molar refractivity (Wildman–Crippen MR) is 89.4 cm³/mol. The van der Waals surface area contributed by atoms with Gasteiger partial charge in [-0.3, -0.25) is 9.69 Å². The van der Waals surface area contributed by atoms with E-state index in [9.17, 15) is 4.79 Å². The Hall–Kier alpha value is -0.870. The molecule has 1 N–H and O–H groups in total. The second kappa shape index (κ2) is 9.96. The van der Waals surface area contributed by atoms with Crippen molar-refractivity contribution in [1.29, 1.82) is 0 Å². The summed E-state index contributed by atoms with van der Waals surface area (Å²) < 4.78 is 0. The summed E-state index contributed by atoms with van der Waals surface area (Å²) in [5.41, 5.74) is 1.39. The van der Waals surface area contributed by atoms with Crippen molar-refractivity contribution in [1.82, 2.24) is 15.1 Å². The molecule has 1 heterocycles. The summed E-state index contributed by atoms with van der Waals surface area (Å²) in [6.07, 6.45) is 5.31. The van der Waals surface area contributed by atoms with Crippen molar-refractivity contribution < 1.29 is 4.79 Å². The van der Waals surface area contributed by atoms with Crippen LogP contribution in [0.4, 0.5) is 0 Å². The second-order valence-electron chi connectivity index (χ2n) is 6.13. The molecule has 0 aliphatic carbocycles. The van der Waals surface area contributed by atoms with Gasteiger partial charge in [-0.2, -0.15) is 0 Å². The minimum atomic E-state index is 0.272. The van der Waals surface area contributed by atoms with E-state index in [1.165, 1.54) is 18.4 Å². The zero-order valence-electron chi connectivity index (χ0n) is 14.3. The van der Waals surface area contributed by atoms with Crippen LogP contribution in [0.2, 0.25) is 0 Å². The van der Waals surface area contributed by atoms with Gasteiger partial charge in [-0.15, -0.1) is 0 Å². The van der Waals surface area contributed by atoms with Crippen LogP contribution in [0.15, 0.2) is 11.6 Å². The van der Waals surface area contributed by atoms with Crippen LogP contribution in [0.5, 0.6) is 0 Å². The maximum Gasteiger partial charge on any atom is 0.223 e. The number of likely N-dealkylation sites (tertiary alicyclic amines) is 1. The third kappa shape index (κ3) is 7.09. The predicted octanol–water partition coefficient (Wildman–Crippen LogP) is 2.27. The highest BCUT2D eigenvalue weighted by molar-refractivity contribution is 5.76. The van der Waals surface area contributed by atoms with E-state index in [1.54, 1.807) is 0 Å². The maximum atomic E-state index is 11.9. The molecule has 4 heteroatoms. The van der Waals surface area contributed by atoms with Gasteiger partial charge < -0.3 is 10.2 Å². The first-order valence-corrected chi connectivity index (χ1v) is 8.43. The first-order chi connectivity index (χ1) is 10.1. The van der Waals surface area contributed by atoms with E-state index in [0.29, 0.717) is 12.5 Å². The number of allylic oxidation sites excluding steroid dienone is 1. The zero-order chi connectivity index (χ0) is 15.7. The quantitative estimate of drug-likeness (QED) is 0.698. The largest absolute Gasteiger partial charge is 0.343 e. The van der Waals surface area contributed by atoms with Gasteiger partial charge in [-0.1, -0.05) is 11.6 Å². The van der Waals surface area contributed by atoms with E-state index in [2.05, 4.69) is 30.1 Å². The highest BCUT2D eigenvalue weighted by Crippen LogP contribution is 2.10. The summed E-state index contributed by atoms with van der Waals surface area (Å²) in [5.74, 6) is 0.272. The molecular formula is C17H33N3O. The molecule has 0 aromatic carbocycles. The molecule has 122 valence electrons. The molecule has 0 radical (unpaired) electrons. The van der Waals surface area contributed by atoms with Gasteiger partial charge in [-0.05, 0) is 53.6 Å². The standard InChI is InChI=1S/C17H33N3O/c1-5-20(6-2)17(21)7-11-18-16-9-13-19(14-10-16)12-8-15(3)4/h8,16,18H,5-7,9-14H2,1-4H3. The number of carbonyl (C=O) groups is 1. The molecule has 1 rings (SSSR count). The molecule has 0 spiro atoms. The van der Waals surface area contributed by atoms with E-state index in [1.807, 2.05) is 18.7 Å². The topological polar surface area (TPSA) is 35.6 Å². The zero-order valence-corrected chi connectivity index (χ0v) is 14.3. The van der Waals surface area contributed by atoms with Crippen molar-refractivity contribution in [3.05, 3.63) is 11.6 Å². The third-order valence-electron chi connectivity index (χ3n) is 4.23. The number of nitrogens with zero attached hydrogens (tertiary/aromatic N) is 2. The molecule has 1 aliphatic heterocycles. The van der Waals surface area contributed by atoms with Gasteiger partial charge in [0, 0.05) is 38.6 Å². The SMILES string of the molecule is CCN(CC)C(=O)CCNC1CCN(CC=C(C)C)CC1. The highest BCUT2D eigenvalue weighted by Gasteiger charge is 2.18.